The molecule has 0 nitrogen and oxygen atoms in total. The molecular weight excluding hydrogens is 230 g/mol. The van der Waals surface area contributed by atoms with Crippen LogP contribution in [0.25, 0.3) is 0 Å². The van der Waals surface area contributed by atoms with Gasteiger partial charge in [-0.3, -0.25) is 0 Å². The van der Waals surface area contributed by atoms with Crippen molar-refractivity contribution in [3.8, 4) is 0 Å². The molecule has 1 aromatic carbocycles. The molecule has 0 aliphatic rings. The first-order valence-corrected chi connectivity index (χ1v) is 5.83. The molecule has 90 valence electrons. The SMILES string of the molecule is CCC(C)(C)C(Cl)c1cc(F)c(C)cc1F. The van der Waals surface area contributed by atoms with Gasteiger partial charge in [0.1, 0.15) is 11.6 Å². The smallest absolute Gasteiger partial charge is 0.128 e. The highest BCUT2D eigenvalue weighted by molar-refractivity contribution is 6.21. The van der Waals surface area contributed by atoms with E-state index in [4.69, 9.17) is 11.6 Å². The summed E-state index contributed by atoms with van der Waals surface area (Å²) in [6.45, 7) is 7.41. The Hall–Kier alpha value is -0.630. The first-order chi connectivity index (χ1) is 7.29. The summed E-state index contributed by atoms with van der Waals surface area (Å²) < 4.78 is 27.1. The van der Waals surface area contributed by atoms with E-state index in [0.717, 1.165) is 6.42 Å². The Morgan fingerprint density at radius 1 is 1.25 bits per heavy atom. The van der Waals surface area contributed by atoms with E-state index in [0.29, 0.717) is 5.56 Å². The Labute approximate surface area is 101 Å². The Balaban J connectivity index is 3.19. The maximum Gasteiger partial charge on any atom is 0.128 e. The Morgan fingerprint density at radius 3 is 2.31 bits per heavy atom. The van der Waals surface area contributed by atoms with Crippen LogP contribution in [-0.4, -0.2) is 0 Å². The van der Waals surface area contributed by atoms with Gasteiger partial charge in [0.05, 0.1) is 5.38 Å². The van der Waals surface area contributed by atoms with Gasteiger partial charge in [-0.05, 0) is 36.5 Å². The quantitative estimate of drug-likeness (QED) is 0.659. The lowest BCUT2D eigenvalue weighted by Gasteiger charge is -2.29. The summed E-state index contributed by atoms with van der Waals surface area (Å²) in [6.07, 6.45) is 0.802. The van der Waals surface area contributed by atoms with Gasteiger partial charge in [-0.2, -0.15) is 0 Å². The van der Waals surface area contributed by atoms with E-state index in [2.05, 4.69) is 0 Å². The topological polar surface area (TPSA) is 0 Å². The molecule has 0 bridgehead atoms. The fourth-order valence-electron chi connectivity index (χ4n) is 1.46. The molecule has 0 radical (unpaired) electrons. The summed E-state index contributed by atoms with van der Waals surface area (Å²) in [5.74, 6) is -0.839. The number of halogens is 3. The van der Waals surface area contributed by atoms with Gasteiger partial charge >= 0.3 is 0 Å². The van der Waals surface area contributed by atoms with Crippen molar-refractivity contribution in [1.82, 2.24) is 0 Å². The molecule has 1 rings (SSSR count). The van der Waals surface area contributed by atoms with Gasteiger partial charge in [0.15, 0.2) is 0 Å². The van der Waals surface area contributed by atoms with Crippen molar-refractivity contribution in [2.75, 3.05) is 0 Å². The minimum absolute atomic E-state index is 0.247. The molecule has 16 heavy (non-hydrogen) atoms. The van der Waals surface area contributed by atoms with Crippen LogP contribution in [0.4, 0.5) is 8.78 Å². The monoisotopic (exact) mass is 246 g/mol. The highest BCUT2D eigenvalue weighted by Crippen LogP contribution is 2.42. The Bertz CT molecular complexity index is 386. The second-order valence-electron chi connectivity index (χ2n) is 4.83. The van der Waals surface area contributed by atoms with Crippen LogP contribution in [-0.2, 0) is 0 Å². The van der Waals surface area contributed by atoms with Crippen LogP contribution in [0, 0.1) is 24.0 Å². The van der Waals surface area contributed by atoms with Crippen molar-refractivity contribution < 1.29 is 8.78 Å². The fraction of sp³-hybridized carbons (Fsp3) is 0.538. The van der Waals surface area contributed by atoms with Crippen molar-refractivity contribution in [3.63, 3.8) is 0 Å². The summed E-state index contributed by atoms with van der Waals surface area (Å²) in [7, 11) is 0. The number of aryl methyl sites for hydroxylation is 1. The Kier molecular flexibility index (Phi) is 3.95. The average Bonchev–Trinajstić information content (AvgIpc) is 2.22. The zero-order valence-corrected chi connectivity index (χ0v) is 10.8. The summed E-state index contributed by atoms with van der Waals surface area (Å²) in [4.78, 5) is 0. The second kappa shape index (κ2) is 4.70. The molecule has 0 aliphatic heterocycles. The molecule has 0 spiro atoms. The van der Waals surface area contributed by atoms with E-state index in [1.165, 1.54) is 19.1 Å². The molecule has 1 atom stereocenters. The molecule has 0 fully saturated rings. The van der Waals surface area contributed by atoms with Gasteiger partial charge in [-0.15, -0.1) is 11.6 Å². The van der Waals surface area contributed by atoms with Gasteiger partial charge in [0.25, 0.3) is 0 Å². The standard InChI is InChI=1S/C13H17ClF2/c1-5-13(3,4)12(14)9-7-10(15)8(2)6-11(9)16/h6-7,12H,5H2,1-4H3. The molecule has 0 saturated carbocycles. The highest BCUT2D eigenvalue weighted by atomic mass is 35.5. The lowest BCUT2D eigenvalue weighted by Crippen LogP contribution is -2.18. The molecule has 3 heteroatoms. The van der Waals surface area contributed by atoms with Gasteiger partial charge in [0, 0.05) is 5.56 Å². The van der Waals surface area contributed by atoms with Crippen LogP contribution in [0.1, 0.15) is 43.7 Å². The van der Waals surface area contributed by atoms with E-state index < -0.39 is 17.0 Å². The predicted octanol–water partition coefficient (Wildman–Crippen LogP) is 4.99. The van der Waals surface area contributed by atoms with Crippen molar-refractivity contribution in [1.29, 1.82) is 0 Å². The lowest BCUT2D eigenvalue weighted by atomic mass is 9.82. The first kappa shape index (κ1) is 13.4. The third kappa shape index (κ3) is 2.54. The zero-order valence-electron chi connectivity index (χ0n) is 10.1. The van der Waals surface area contributed by atoms with Crippen molar-refractivity contribution >= 4 is 11.6 Å². The molecule has 0 heterocycles. The number of hydrogen-bond acceptors (Lipinski definition) is 0. The minimum Gasteiger partial charge on any atom is -0.207 e. The largest absolute Gasteiger partial charge is 0.207 e. The fourth-order valence-corrected chi connectivity index (χ4v) is 1.78. The first-order valence-electron chi connectivity index (χ1n) is 5.39. The van der Waals surface area contributed by atoms with E-state index in [1.807, 2.05) is 20.8 Å². The minimum atomic E-state index is -0.521. The van der Waals surface area contributed by atoms with Crippen molar-refractivity contribution in [3.05, 3.63) is 34.9 Å². The molecule has 0 amide bonds. The van der Waals surface area contributed by atoms with Gasteiger partial charge in [0.2, 0.25) is 0 Å². The van der Waals surface area contributed by atoms with E-state index in [1.54, 1.807) is 0 Å². The molecule has 0 aliphatic carbocycles. The summed E-state index contributed by atoms with van der Waals surface area (Å²) in [5.41, 5.74) is 0.292. The summed E-state index contributed by atoms with van der Waals surface area (Å²) in [5, 5.41) is -0.521. The van der Waals surface area contributed by atoms with Crippen LogP contribution in [0.2, 0.25) is 0 Å². The van der Waals surface area contributed by atoms with Crippen molar-refractivity contribution in [2.24, 2.45) is 5.41 Å². The van der Waals surface area contributed by atoms with E-state index in [9.17, 15) is 8.78 Å². The van der Waals surface area contributed by atoms with E-state index >= 15 is 0 Å². The molecule has 0 saturated heterocycles. The van der Waals surface area contributed by atoms with Crippen LogP contribution in [0.15, 0.2) is 12.1 Å². The van der Waals surface area contributed by atoms with Crippen molar-refractivity contribution in [2.45, 2.75) is 39.5 Å². The normalized spacial score (nSPS) is 13.9. The van der Waals surface area contributed by atoms with Gasteiger partial charge in [-0.25, -0.2) is 8.78 Å². The highest BCUT2D eigenvalue weighted by Gasteiger charge is 2.29. The maximum atomic E-state index is 13.7. The number of hydrogen-bond donors (Lipinski definition) is 0. The predicted molar refractivity (Wildman–Crippen MR) is 63.8 cm³/mol. The van der Waals surface area contributed by atoms with E-state index in [-0.39, 0.29) is 11.0 Å². The molecule has 0 aromatic heterocycles. The number of rotatable bonds is 3. The number of benzene rings is 1. The third-order valence-corrected chi connectivity index (χ3v) is 3.97. The van der Waals surface area contributed by atoms with Crippen LogP contribution in [0.3, 0.4) is 0 Å². The van der Waals surface area contributed by atoms with Gasteiger partial charge < -0.3 is 0 Å². The molecule has 1 unspecified atom stereocenters. The maximum absolute atomic E-state index is 13.7. The number of alkyl halides is 1. The van der Waals surface area contributed by atoms with Crippen LogP contribution in [0.5, 0.6) is 0 Å². The second-order valence-corrected chi connectivity index (χ2v) is 5.26. The third-order valence-electron chi connectivity index (χ3n) is 3.15. The molecule has 0 N–H and O–H groups in total. The lowest BCUT2D eigenvalue weighted by molar-refractivity contribution is 0.329. The zero-order chi connectivity index (χ0) is 12.5. The van der Waals surface area contributed by atoms with Gasteiger partial charge in [-0.1, -0.05) is 20.8 Å². The molecule has 1 aromatic rings. The summed E-state index contributed by atoms with van der Waals surface area (Å²) in [6, 6.07) is 2.41. The van der Waals surface area contributed by atoms with Crippen LogP contribution < -0.4 is 0 Å². The van der Waals surface area contributed by atoms with Crippen LogP contribution >= 0.6 is 11.6 Å². The molecular formula is C13H17ClF2. The Morgan fingerprint density at radius 2 is 1.81 bits per heavy atom. The average molecular weight is 247 g/mol. The summed E-state index contributed by atoms with van der Waals surface area (Å²) >= 11 is 6.22.